The number of aliphatic imine (C=N–C) groups is 1. The fourth-order valence-electron chi connectivity index (χ4n) is 4.11. The topological polar surface area (TPSA) is 88.3 Å². The normalized spacial score (nSPS) is 22.0. The molecule has 2 saturated carbocycles. The maximum atomic E-state index is 13.2. The van der Waals surface area contributed by atoms with Gasteiger partial charge in [0.2, 0.25) is 5.91 Å². The number of hydrogen-bond acceptors (Lipinski definition) is 5. The molecule has 1 amide bonds. The van der Waals surface area contributed by atoms with Crippen LogP contribution in [0.3, 0.4) is 0 Å². The Morgan fingerprint density at radius 2 is 2.15 bits per heavy atom. The Hall–Kier alpha value is -3.55. The number of nitrogens with zero attached hydrogens (tertiary/aromatic N) is 6. The largest absolute Gasteiger partial charge is 0.328 e. The van der Waals surface area contributed by atoms with Crippen LogP contribution >= 0.6 is 0 Å². The first kappa shape index (κ1) is 22.3. The van der Waals surface area contributed by atoms with Gasteiger partial charge in [-0.25, -0.2) is 9.67 Å². The average Bonchev–Trinajstić information content (AvgIpc) is 3.79. The summed E-state index contributed by atoms with van der Waals surface area (Å²) in [5.41, 5.74) is 3.42. The molecule has 176 valence electrons. The van der Waals surface area contributed by atoms with Crippen LogP contribution < -0.4 is 5.32 Å². The summed E-state index contributed by atoms with van der Waals surface area (Å²) in [5.74, 6) is 0.682. The molecule has 0 spiro atoms. The van der Waals surface area contributed by atoms with Gasteiger partial charge in [-0.05, 0) is 62.8 Å². The van der Waals surface area contributed by atoms with Crippen LogP contribution in [0, 0.1) is 11.8 Å². The minimum Gasteiger partial charge on any atom is -0.328 e. The summed E-state index contributed by atoms with van der Waals surface area (Å²) in [6, 6.07) is 6.05. The number of amides is 1. The van der Waals surface area contributed by atoms with E-state index in [-0.39, 0.29) is 17.7 Å². The first-order valence-electron chi connectivity index (χ1n) is 12.1. The van der Waals surface area contributed by atoms with Gasteiger partial charge in [0, 0.05) is 18.5 Å². The number of pyridine rings is 1. The van der Waals surface area contributed by atoms with Crippen molar-refractivity contribution in [2.75, 3.05) is 11.9 Å². The lowest BCUT2D eigenvalue weighted by atomic mass is 9.88. The van der Waals surface area contributed by atoms with E-state index in [1.807, 2.05) is 62.8 Å². The fraction of sp³-hybridized carbons (Fsp3) is 0.423. The van der Waals surface area contributed by atoms with E-state index in [9.17, 15) is 4.79 Å². The zero-order valence-electron chi connectivity index (χ0n) is 19.8. The van der Waals surface area contributed by atoms with Gasteiger partial charge in [0.15, 0.2) is 0 Å². The number of carbonyl (C=O) groups is 1. The van der Waals surface area contributed by atoms with Crippen LogP contribution in [0.15, 0.2) is 54.2 Å². The SMILES string of the molecule is C=C(c1cccc(NC(=O)C2C=C(n3cc(C4CC4)nn3)C=CC2C)n1)N(C=NCC)C1CC1. The van der Waals surface area contributed by atoms with E-state index in [1.165, 1.54) is 12.8 Å². The van der Waals surface area contributed by atoms with Gasteiger partial charge in [-0.15, -0.1) is 5.10 Å². The second kappa shape index (κ2) is 9.37. The molecule has 8 heteroatoms. The highest BCUT2D eigenvalue weighted by atomic mass is 16.2. The molecule has 3 aliphatic rings. The van der Waals surface area contributed by atoms with E-state index in [0.29, 0.717) is 17.8 Å². The van der Waals surface area contributed by atoms with Gasteiger partial charge in [0.25, 0.3) is 0 Å². The van der Waals surface area contributed by atoms with Crippen molar-refractivity contribution in [3.63, 3.8) is 0 Å². The van der Waals surface area contributed by atoms with Crippen molar-refractivity contribution in [2.45, 2.75) is 51.5 Å². The fourth-order valence-corrected chi connectivity index (χ4v) is 4.11. The third kappa shape index (κ3) is 4.85. The van der Waals surface area contributed by atoms with Gasteiger partial charge in [-0.2, -0.15) is 0 Å². The Balaban J connectivity index is 1.30. The molecule has 0 bridgehead atoms. The van der Waals surface area contributed by atoms with E-state index >= 15 is 0 Å². The van der Waals surface area contributed by atoms with Crippen molar-refractivity contribution in [3.05, 3.63) is 60.6 Å². The predicted octanol–water partition coefficient (Wildman–Crippen LogP) is 4.34. The average molecular weight is 458 g/mol. The Kier molecular flexibility index (Phi) is 6.13. The second-order valence-electron chi connectivity index (χ2n) is 9.29. The van der Waals surface area contributed by atoms with Crippen molar-refractivity contribution >= 4 is 29.5 Å². The summed E-state index contributed by atoms with van der Waals surface area (Å²) < 4.78 is 1.77. The van der Waals surface area contributed by atoms with E-state index in [4.69, 9.17) is 0 Å². The molecule has 0 aliphatic heterocycles. The summed E-state index contributed by atoms with van der Waals surface area (Å²) in [4.78, 5) is 24.4. The minimum atomic E-state index is -0.332. The molecule has 8 nitrogen and oxygen atoms in total. The van der Waals surface area contributed by atoms with Crippen molar-refractivity contribution in [1.29, 1.82) is 0 Å². The molecule has 2 fully saturated rings. The highest BCUT2D eigenvalue weighted by molar-refractivity contribution is 5.94. The van der Waals surface area contributed by atoms with Crippen LogP contribution in [0.2, 0.25) is 0 Å². The number of anilines is 1. The maximum Gasteiger partial charge on any atom is 0.233 e. The molecule has 3 aliphatic carbocycles. The molecule has 2 aromatic rings. The Morgan fingerprint density at radius 3 is 2.88 bits per heavy atom. The van der Waals surface area contributed by atoms with Crippen LogP contribution in [0.5, 0.6) is 0 Å². The number of hydrogen-bond donors (Lipinski definition) is 1. The van der Waals surface area contributed by atoms with Crippen molar-refractivity contribution < 1.29 is 4.79 Å². The molecule has 2 atom stereocenters. The molecule has 5 rings (SSSR count). The van der Waals surface area contributed by atoms with Crippen molar-refractivity contribution in [1.82, 2.24) is 24.9 Å². The number of nitrogens with one attached hydrogen (secondary N) is 1. The van der Waals surface area contributed by atoms with E-state index in [2.05, 4.69) is 37.1 Å². The van der Waals surface area contributed by atoms with Gasteiger partial charge in [0.1, 0.15) is 5.82 Å². The van der Waals surface area contributed by atoms with Gasteiger partial charge >= 0.3 is 0 Å². The quantitative estimate of drug-likeness (QED) is 0.447. The minimum absolute atomic E-state index is 0.0592. The molecule has 34 heavy (non-hydrogen) atoms. The smallest absolute Gasteiger partial charge is 0.233 e. The third-order valence-electron chi connectivity index (χ3n) is 6.50. The number of rotatable bonds is 9. The monoisotopic (exact) mass is 457 g/mol. The molecule has 1 N–H and O–H groups in total. The summed E-state index contributed by atoms with van der Waals surface area (Å²) in [6.07, 6.45) is 14.5. The summed E-state index contributed by atoms with van der Waals surface area (Å²) in [7, 11) is 0. The second-order valence-corrected chi connectivity index (χ2v) is 9.29. The first-order chi connectivity index (χ1) is 16.5. The van der Waals surface area contributed by atoms with E-state index in [0.717, 1.165) is 42.2 Å². The lowest BCUT2D eigenvalue weighted by Crippen LogP contribution is -2.28. The molecular formula is C26H31N7O. The number of carbonyl (C=O) groups excluding carboxylic acids is 1. The lowest BCUT2D eigenvalue weighted by molar-refractivity contribution is -0.119. The van der Waals surface area contributed by atoms with E-state index in [1.54, 1.807) is 4.68 Å². The van der Waals surface area contributed by atoms with Gasteiger partial charge < -0.3 is 10.2 Å². The van der Waals surface area contributed by atoms with Crippen molar-refractivity contribution in [3.8, 4) is 0 Å². The Bertz CT molecular complexity index is 1170. The van der Waals surface area contributed by atoms with Crippen molar-refractivity contribution in [2.24, 2.45) is 16.8 Å². The molecule has 2 aromatic heterocycles. The molecule has 2 unspecified atom stereocenters. The predicted molar refractivity (Wildman–Crippen MR) is 134 cm³/mol. The molecular weight excluding hydrogens is 426 g/mol. The third-order valence-corrected chi connectivity index (χ3v) is 6.50. The first-order valence-corrected chi connectivity index (χ1v) is 12.1. The number of allylic oxidation sites excluding steroid dienone is 3. The molecule has 2 heterocycles. The molecule has 0 aromatic carbocycles. The van der Waals surface area contributed by atoms with E-state index < -0.39 is 0 Å². The van der Waals surface area contributed by atoms with Crippen LogP contribution in [0.1, 0.15) is 56.8 Å². The summed E-state index contributed by atoms with van der Waals surface area (Å²) in [5, 5.41) is 11.6. The van der Waals surface area contributed by atoms with Crippen LogP contribution in [0.4, 0.5) is 5.82 Å². The Labute approximate surface area is 200 Å². The van der Waals surface area contributed by atoms with Gasteiger partial charge in [-0.1, -0.05) is 30.9 Å². The summed E-state index contributed by atoms with van der Waals surface area (Å²) in [6.45, 7) is 9.02. The molecule has 0 saturated heterocycles. The highest BCUT2D eigenvalue weighted by Crippen LogP contribution is 2.39. The number of aromatic nitrogens is 4. The highest BCUT2D eigenvalue weighted by Gasteiger charge is 2.31. The summed E-state index contributed by atoms with van der Waals surface area (Å²) >= 11 is 0. The van der Waals surface area contributed by atoms with Gasteiger partial charge in [-0.3, -0.25) is 9.79 Å². The standard InChI is InChI=1S/C26H31N7O/c1-4-27-16-32(20-12-13-20)18(3)23-6-5-7-25(28-23)29-26(34)22-14-21(11-8-17(22)2)33-15-24(30-31-33)19-9-10-19/h5-8,11,14-17,19-20,22H,3-4,9-10,12-13H2,1-2H3,(H,28,29,34). The van der Waals surface area contributed by atoms with Crippen LogP contribution in [0.25, 0.3) is 11.4 Å². The maximum absolute atomic E-state index is 13.2. The van der Waals surface area contributed by atoms with Crippen LogP contribution in [-0.4, -0.2) is 49.7 Å². The zero-order valence-corrected chi connectivity index (χ0v) is 19.8. The van der Waals surface area contributed by atoms with Crippen LogP contribution in [-0.2, 0) is 4.79 Å². The molecule has 0 radical (unpaired) electrons. The lowest BCUT2D eigenvalue weighted by Gasteiger charge is -2.23. The zero-order chi connectivity index (χ0) is 23.7. The Morgan fingerprint density at radius 1 is 1.32 bits per heavy atom. The van der Waals surface area contributed by atoms with Gasteiger partial charge in [0.05, 0.1) is 41.2 Å².